The van der Waals surface area contributed by atoms with Crippen molar-refractivity contribution in [2.45, 2.75) is 6.61 Å². The van der Waals surface area contributed by atoms with E-state index in [-0.39, 0.29) is 12.4 Å². The second-order valence-electron chi connectivity index (χ2n) is 4.89. The van der Waals surface area contributed by atoms with Crippen LogP contribution in [0.25, 0.3) is 26.9 Å². The maximum absolute atomic E-state index is 13.0. The molecule has 3 aromatic heterocycles. The van der Waals surface area contributed by atoms with E-state index in [1.54, 1.807) is 22.8 Å². The maximum Gasteiger partial charge on any atom is 0.213 e. The number of nitrogens with zero attached hydrogens (tertiary/aromatic N) is 4. The van der Waals surface area contributed by atoms with E-state index in [4.69, 9.17) is 0 Å². The van der Waals surface area contributed by atoms with Gasteiger partial charge in [-0.1, -0.05) is 17.4 Å². The predicted octanol–water partition coefficient (Wildman–Crippen LogP) is 3.15. The number of aliphatic hydroxyl groups is 1. The van der Waals surface area contributed by atoms with Gasteiger partial charge in [0.25, 0.3) is 0 Å². The molecule has 0 amide bonds. The summed E-state index contributed by atoms with van der Waals surface area (Å²) in [6.07, 6.45) is 1.68. The van der Waals surface area contributed by atoms with E-state index in [1.807, 2.05) is 18.2 Å². The first-order valence-corrected chi connectivity index (χ1v) is 7.74. The van der Waals surface area contributed by atoms with Crippen LogP contribution in [0, 0.1) is 5.82 Å². The van der Waals surface area contributed by atoms with Crippen LogP contribution in [-0.2, 0) is 6.61 Å². The fourth-order valence-electron chi connectivity index (χ4n) is 2.35. The van der Waals surface area contributed by atoms with Crippen molar-refractivity contribution in [3.8, 4) is 22.0 Å². The Morgan fingerprint density at radius 1 is 1.13 bits per heavy atom. The van der Waals surface area contributed by atoms with Crippen molar-refractivity contribution in [3.05, 3.63) is 60.2 Å². The molecule has 1 aromatic carbocycles. The van der Waals surface area contributed by atoms with Crippen LogP contribution in [0.3, 0.4) is 0 Å². The summed E-state index contributed by atoms with van der Waals surface area (Å²) < 4.78 is 14.7. The Bertz CT molecular complexity index is 963. The fraction of sp³-hybridized carbons (Fsp3) is 0.0625. The van der Waals surface area contributed by atoms with Gasteiger partial charge in [0.2, 0.25) is 4.96 Å². The Balaban J connectivity index is 1.85. The topological polar surface area (TPSA) is 63.3 Å². The van der Waals surface area contributed by atoms with Gasteiger partial charge in [-0.25, -0.2) is 13.9 Å². The Kier molecular flexibility index (Phi) is 3.36. The highest BCUT2D eigenvalue weighted by Crippen LogP contribution is 2.30. The summed E-state index contributed by atoms with van der Waals surface area (Å²) in [5, 5.41) is 14.9. The van der Waals surface area contributed by atoms with Crippen LogP contribution in [0.4, 0.5) is 4.39 Å². The molecule has 0 bridgehead atoms. The first-order chi connectivity index (χ1) is 11.3. The van der Waals surface area contributed by atoms with Gasteiger partial charge >= 0.3 is 0 Å². The number of aromatic nitrogens is 4. The van der Waals surface area contributed by atoms with Crippen LogP contribution in [0.15, 0.2) is 48.7 Å². The third-order valence-corrected chi connectivity index (χ3v) is 4.40. The first-order valence-electron chi connectivity index (χ1n) is 6.93. The summed E-state index contributed by atoms with van der Waals surface area (Å²) in [5.74, 6) is -0.288. The zero-order valence-electron chi connectivity index (χ0n) is 11.8. The Labute approximate surface area is 134 Å². The zero-order chi connectivity index (χ0) is 15.8. The molecule has 0 unspecified atom stereocenters. The number of halogens is 1. The Hall–Kier alpha value is -2.64. The number of aliphatic hydroxyl groups excluding tert-OH is 1. The highest BCUT2D eigenvalue weighted by atomic mass is 32.1. The number of fused-ring (bicyclic) bond motifs is 1. The summed E-state index contributed by atoms with van der Waals surface area (Å²) in [4.78, 5) is 9.47. The first kappa shape index (κ1) is 14.0. The number of pyridine rings is 1. The van der Waals surface area contributed by atoms with Gasteiger partial charge in [-0.3, -0.25) is 4.98 Å². The largest absolute Gasteiger partial charge is 0.390 e. The van der Waals surface area contributed by atoms with E-state index in [0.29, 0.717) is 22.0 Å². The van der Waals surface area contributed by atoms with E-state index in [1.165, 1.54) is 23.5 Å². The van der Waals surface area contributed by atoms with Crippen molar-refractivity contribution in [2.24, 2.45) is 0 Å². The summed E-state index contributed by atoms with van der Waals surface area (Å²) >= 11 is 1.38. The molecule has 0 radical (unpaired) electrons. The van der Waals surface area contributed by atoms with Crippen molar-refractivity contribution < 1.29 is 9.50 Å². The molecule has 5 nitrogen and oxygen atoms in total. The number of benzene rings is 1. The fourth-order valence-corrected chi connectivity index (χ4v) is 3.27. The highest BCUT2D eigenvalue weighted by molar-refractivity contribution is 7.19. The molecule has 0 atom stereocenters. The maximum atomic E-state index is 13.0. The molecule has 0 aliphatic carbocycles. The van der Waals surface area contributed by atoms with E-state index in [9.17, 15) is 9.50 Å². The third-order valence-electron chi connectivity index (χ3n) is 3.44. The average Bonchev–Trinajstić information content (AvgIpc) is 3.13. The van der Waals surface area contributed by atoms with Gasteiger partial charge in [-0.05, 0) is 36.4 Å². The molecular weight excluding hydrogens is 315 g/mol. The molecular formula is C16H11FN4OS. The van der Waals surface area contributed by atoms with Crippen LogP contribution in [-0.4, -0.2) is 24.7 Å². The van der Waals surface area contributed by atoms with Gasteiger partial charge in [-0.15, -0.1) is 0 Å². The van der Waals surface area contributed by atoms with Gasteiger partial charge in [0.1, 0.15) is 16.5 Å². The Morgan fingerprint density at radius 2 is 1.96 bits per heavy atom. The summed E-state index contributed by atoms with van der Waals surface area (Å²) in [7, 11) is 0. The number of hydrogen-bond acceptors (Lipinski definition) is 5. The molecule has 4 aromatic rings. The SMILES string of the molecule is OCc1c(-c2ccccn2)nc2sc(-c3ccc(F)cc3)nn12. The normalized spacial score (nSPS) is 11.2. The summed E-state index contributed by atoms with van der Waals surface area (Å²) in [5.41, 5.74) is 2.71. The van der Waals surface area contributed by atoms with Crippen molar-refractivity contribution in [1.29, 1.82) is 0 Å². The van der Waals surface area contributed by atoms with E-state index < -0.39 is 0 Å². The minimum atomic E-state index is -0.288. The van der Waals surface area contributed by atoms with Crippen LogP contribution in [0.1, 0.15) is 5.69 Å². The minimum absolute atomic E-state index is 0.195. The van der Waals surface area contributed by atoms with Crippen LogP contribution in [0.2, 0.25) is 0 Å². The summed E-state index contributed by atoms with van der Waals surface area (Å²) in [6, 6.07) is 11.7. The molecule has 0 aliphatic rings. The molecule has 0 spiro atoms. The molecule has 23 heavy (non-hydrogen) atoms. The molecule has 3 heterocycles. The predicted molar refractivity (Wildman–Crippen MR) is 85.4 cm³/mol. The van der Waals surface area contributed by atoms with Gasteiger partial charge < -0.3 is 5.11 Å². The second-order valence-corrected chi connectivity index (χ2v) is 5.84. The van der Waals surface area contributed by atoms with Crippen LogP contribution < -0.4 is 0 Å². The Morgan fingerprint density at radius 3 is 2.65 bits per heavy atom. The van der Waals surface area contributed by atoms with Gasteiger partial charge in [-0.2, -0.15) is 5.10 Å². The van der Waals surface area contributed by atoms with E-state index in [0.717, 1.165) is 10.6 Å². The molecule has 114 valence electrons. The van der Waals surface area contributed by atoms with Crippen molar-refractivity contribution in [2.75, 3.05) is 0 Å². The molecule has 0 fully saturated rings. The molecule has 1 N–H and O–H groups in total. The zero-order valence-corrected chi connectivity index (χ0v) is 12.7. The van der Waals surface area contributed by atoms with Gasteiger partial charge in [0, 0.05) is 11.8 Å². The second kappa shape index (κ2) is 5.53. The van der Waals surface area contributed by atoms with Crippen molar-refractivity contribution in [1.82, 2.24) is 19.6 Å². The lowest BCUT2D eigenvalue weighted by Crippen LogP contribution is -1.96. The lowest BCUT2D eigenvalue weighted by Gasteiger charge is -1.99. The minimum Gasteiger partial charge on any atom is -0.390 e. The van der Waals surface area contributed by atoms with Gasteiger partial charge in [0.05, 0.1) is 18.0 Å². The smallest absolute Gasteiger partial charge is 0.213 e. The van der Waals surface area contributed by atoms with E-state index >= 15 is 0 Å². The third kappa shape index (κ3) is 2.39. The van der Waals surface area contributed by atoms with Crippen molar-refractivity contribution in [3.63, 3.8) is 0 Å². The number of rotatable bonds is 3. The standard InChI is InChI=1S/C16H11FN4OS/c17-11-6-4-10(5-7-11)15-20-21-13(9-22)14(19-16(21)23-15)12-3-1-2-8-18-12/h1-8,22H,9H2. The van der Waals surface area contributed by atoms with Gasteiger partial charge in [0.15, 0.2) is 0 Å². The quantitative estimate of drug-likeness (QED) is 0.628. The average molecular weight is 326 g/mol. The monoisotopic (exact) mass is 326 g/mol. The molecule has 0 saturated carbocycles. The highest BCUT2D eigenvalue weighted by Gasteiger charge is 2.18. The molecule has 0 saturated heterocycles. The number of imidazole rings is 1. The molecule has 4 rings (SSSR count). The number of hydrogen-bond donors (Lipinski definition) is 1. The summed E-state index contributed by atoms with van der Waals surface area (Å²) in [6.45, 7) is -0.195. The molecule has 0 aliphatic heterocycles. The van der Waals surface area contributed by atoms with Crippen LogP contribution in [0.5, 0.6) is 0 Å². The lowest BCUT2D eigenvalue weighted by molar-refractivity contribution is 0.275. The molecule has 7 heteroatoms. The lowest BCUT2D eigenvalue weighted by atomic mass is 10.2. The van der Waals surface area contributed by atoms with Crippen molar-refractivity contribution >= 4 is 16.3 Å². The van der Waals surface area contributed by atoms with E-state index in [2.05, 4.69) is 15.1 Å². The van der Waals surface area contributed by atoms with Crippen LogP contribution >= 0.6 is 11.3 Å².